The van der Waals surface area contributed by atoms with Gasteiger partial charge in [-0.15, -0.1) is 0 Å². The predicted molar refractivity (Wildman–Crippen MR) is 79.2 cm³/mol. The zero-order chi connectivity index (χ0) is 13.7. The smallest absolute Gasteiger partial charge is 0.144 e. The van der Waals surface area contributed by atoms with Crippen molar-refractivity contribution in [3.8, 4) is 0 Å². The van der Waals surface area contributed by atoms with E-state index in [0.29, 0.717) is 5.92 Å². The molecule has 4 heteroatoms. The second-order valence-electron chi connectivity index (χ2n) is 5.35. The molecule has 0 bridgehead atoms. The second kappa shape index (κ2) is 7.06. The first-order valence-corrected chi connectivity index (χ1v) is 8.48. The molecule has 1 fully saturated rings. The molecule has 1 saturated heterocycles. The van der Waals surface area contributed by atoms with Crippen molar-refractivity contribution in [2.75, 3.05) is 19.6 Å². The molecule has 0 amide bonds. The quantitative estimate of drug-likeness (QED) is 0.842. The maximum absolute atomic E-state index is 10.8. The van der Waals surface area contributed by atoms with Crippen LogP contribution in [0.25, 0.3) is 0 Å². The third-order valence-corrected chi connectivity index (χ3v) is 4.48. The predicted octanol–water partition coefficient (Wildman–Crippen LogP) is 2.39. The van der Waals surface area contributed by atoms with E-state index in [1.165, 1.54) is 44.5 Å². The van der Waals surface area contributed by atoms with Gasteiger partial charge in [0.05, 0.1) is 5.75 Å². The average Bonchev–Trinajstić information content (AvgIpc) is 2.39. The number of hydrogen-bond acceptors (Lipinski definition) is 3. The van der Waals surface area contributed by atoms with Crippen molar-refractivity contribution in [2.45, 2.75) is 37.9 Å². The second-order valence-corrected chi connectivity index (χ2v) is 6.33. The number of hydrogen-bond donors (Lipinski definition) is 1. The van der Waals surface area contributed by atoms with Crippen LogP contribution in [0, 0.1) is 0 Å². The van der Waals surface area contributed by atoms with E-state index in [1.54, 1.807) is 0 Å². The van der Waals surface area contributed by atoms with Gasteiger partial charge in [-0.3, -0.25) is 0 Å². The fourth-order valence-electron chi connectivity index (χ4n) is 2.90. The van der Waals surface area contributed by atoms with Gasteiger partial charge in [-0.2, -0.15) is 0 Å². The Morgan fingerprint density at radius 1 is 1.26 bits per heavy atom. The van der Waals surface area contributed by atoms with Crippen LogP contribution in [0.5, 0.6) is 0 Å². The standard InChI is InChI=1S/C15H23NO2S/c1-2-8-16-9-6-14(7-10-16)15-5-3-4-13(11-15)12-19(17)18/h3-5,11,14,19H,2,6-10,12H2,1H3. The Balaban J connectivity index is 1.99. The van der Waals surface area contributed by atoms with Crippen LogP contribution in [0.2, 0.25) is 0 Å². The van der Waals surface area contributed by atoms with Crippen LogP contribution in [-0.2, 0) is 16.5 Å². The van der Waals surface area contributed by atoms with E-state index in [-0.39, 0.29) is 5.75 Å². The van der Waals surface area contributed by atoms with Crippen LogP contribution in [0.4, 0.5) is 0 Å². The van der Waals surface area contributed by atoms with E-state index in [1.807, 2.05) is 12.1 Å². The molecule has 1 aliphatic heterocycles. The SMILES string of the molecule is CCCN1CCC(c2cccc(C[SH](=O)=O)c2)CC1. The molecule has 0 spiro atoms. The van der Waals surface area contributed by atoms with Gasteiger partial charge in [0.2, 0.25) is 0 Å². The van der Waals surface area contributed by atoms with Crippen molar-refractivity contribution in [2.24, 2.45) is 0 Å². The molecule has 0 radical (unpaired) electrons. The number of rotatable bonds is 5. The molecule has 0 atom stereocenters. The number of benzene rings is 1. The Kier molecular flexibility index (Phi) is 5.40. The van der Waals surface area contributed by atoms with Crippen LogP contribution in [0.15, 0.2) is 24.3 Å². The fourth-order valence-corrected chi connectivity index (χ4v) is 3.40. The summed E-state index contributed by atoms with van der Waals surface area (Å²) in [7, 11) is -2.33. The van der Waals surface area contributed by atoms with Gasteiger partial charge >= 0.3 is 0 Å². The lowest BCUT2D eigenvalue weighted by Gasteiger charge is -2.32. The minimum Gasteiger partial charge on any atom is -0.303 e. The van der Waals surface area contributed by atoms with Gasteiger partial charge < -0.3 is 4.90 Å². The minimum atomic E-state index is -2.33. The summed E-state index contributed by atoms with van der Waals surface area (Å²) < 4.78 is 21.6. The molecule has 2 rings (SSSR count). The summed E-state index contributed by atoms with van der Waals surface area (Å²) in [6, 6.07) is 8.11. The largest absolute Gasteiger partial charge is 0.303 e. The summed E-state index contributed by atoms with van der Waals surface area (Å²) in [4.78, 5) is 2.52. The van der Waals surface area contributed by atoms with E-state index in [9.17, 15) is 8.42 Å². The highest BCUT2D eigenvalue weighted by Crippen LogP contribution is 2.28. The number of likely N-dealkylation sites (tertiary alicyclic amines) is 1. The zero-order valence-electron chi connectivity index (χ0n) is 11.5. The topological polar surface area (TPSA) is 37.4 Å². The maximum atomic E-state index is 10.8. The van der Waals surface area contributed by atoms with Crippen LogP contribution in [0.3, 0.4) is 0 Å². The van der Waals surface area contributed by atoms with Gasteiger partial charge in [-0.05, 0) is 55.9 Å². The van der Waals surface area contributed by atoms with Crippen LogP contribution in [0.1, 0.15) is 43.2 Å². The van der Waals surface area contributed by atoms with Gasteiger partial charge in [-0.25, -0.2) is 8.42 Å². The third kappa shape index (κ3) is 4.32. The Bertz CT molecular complexity index is 469. The van der Waals surface area contributed by atoms with Gasteiger partial charge in [-0.1, -0.05) is 31.2 Å². The normalized spacial score (nSPS) is 18.0. The van der Waals surface area contributed by atoms with Crippen molar-refractivity contribution >= 4 is 10.7 Å². The van der Waals surface area contributed by atoms with E-state index in [4.69, 9.17) is 0 Å². The Morgan fingerprint density at radius 2 is 2.00 bits per heavy atom. The lowest BCUT2D eigenvalue weighted by molar-refractivity contribution is 0.213. The molecule has 1 aromatic rings. The zero-order valence-corrected chi connectivity index (χ0v) is 12.4. The Hall–Kier alpha value is -0.870. The first kappa shape index (κ1) is 14.5. The lowest BCUT2D eigenvalue weighted by Crippen LogP contribution is -2.33. The van der Waals surface area contributed by atoms with E-state index < -0.39 is 10.7 Å². The molecule has 0 N–H and O–H groups in total. The molecule has 0 aliphatic carbocycles. The van der Waals surface area contributed by atoms with E-state index in [2.05, 4.69) is 24.0 Å². The third-order valence-electron chi connectivity index (χ3n) is 3.86. The molecule has 1 heterocycles. The molecular formula is C15H23NO2S. The summed E-state index contributed by atoms with van der Waals surface area (Å²) in [5.74, 6) is 0.760. The van der Waals surface area contributed by atoms with Crippen molar-refractivity contribution < 1.29 is 8.42 Å². The summed E-state index contributed by atoms with van der Waals surface area (Å²) >= 11 is 0. The number of piperidine rings is 1. The van der Waals surface area contributed by atoms with E-state index in [0.717, 1.165) is 5.56 Å². The molecule has 0 saturated carbocycles. The summed E-state index contributed by atoms with van der Waals surface area (Å²) in [5.41, 5.74) is 2.23. The van der Waals surface area contributed by atoms with Crippen molar-refractivity contribution in [3.05, 3.63) is 35.4 Å². The van der Waals surface area contributed by atoms with Crippen molar-refractivity contribution in [1.82, 2.24) is 4.90 Å². The monoisotopic (exact) mass is 281 g/mol. The first-order valence-electron chi connectivity index (χ1n) is 7.12. The molecule has 0 unspecified atom stereocenters. The highest BCUT2D eigenvalue weighted by atomic mass is 32.2. The van der Waals surface area contributed by atoms with Gasteiger partial charge in [0.25, 0.3) is 0 Å². The molecule has 19 heavy (non-hydrogen) atoms. The number of thiol groups is 1. The highest BCUT2D eigenvalue weighted by Gasteiger charge is 2.20. The Labute approximate surface area is 117 Å². The van der Waals surface area contributed by atoms with E-state index >= 15 is 0 Å². The van der Waals surface area contributed by atoms with Crippen LogP contribution in [-0.4, -0.2) is 33.0 Å². The molecule has 1 aromatic carbocycles. The highest BCUT2D eigenvalue weighted by molar-refractivity contribution is 7.71. The van der Waals surface area contributed by atoms with Gasteiger partial charge in [0.1, 0.15) is 10.7 Å². The molecule has 0 aromatic heterocycles. The lowest BCUT2D eigenvalue weighted by atomic mass is 9.88. The van der Waals surface area contributed by atoms with Crippen LogP contribution >= 0.6 is 0 Å². The maximum Gasteiger partial charge on any atom is 0.144 e. The summed E-state index contributed by atoms with van der Waals surface area (Å²) in [5, 5.41) is 0. The first-order chi connectivity index (χ1) is 9.19. The average molecular weight is 281 g/mol. The Morgan fingerprint density at radius 3 is 2.63 bits per heavy atom. The van der Waals surface area contributed by atoms with Gasteiger partial charge in [0, 0.05) is 0 Å². The summed E-state index contributed by atoms with van der Waals surface area (Å²) in [6.45, 7) is 5.75. The molecule has 106 valence electrons. The van der Waals surface area contributed by atoms with Crippen molar-refractivity contribution in [1.29, 1.82) is 0 Å². The van der Waals surface area contributed by atoms with Crippen molar-refractivity contribution in [3.63, 3.8) is 0 Å². The molecular weight excluding hydrogens is 258 g/mol. The molecule has 1 aliphatic rings. The van der Waals surface area contributed by atoms with Gasteiger partial charge in [0.15, 0.2) is 0 Å². The minimum absolute atomic E-state index is 0.165. The fraction of sp³-hybridized carbons (Fsp3) is 0.600. The van der Waals surface area contributed by atoms with Crippen LogP contribution < -0.4 is 0 Å². The summed E-state index contributed by atoms with van der Waals surface area (Å²) in [6.07, 6.45) is 3.59. The molecule has 3 nitrogen and oxygen atoms in total. The number of nitrogens with zero attached hydrogens (tertiary/aromatic N) is 1.